The van der Waals surface area contributed by atoms with Crippen LogP contribution in [0.4, 0.5) is 0 Å². The van der Waals surface area contributed by atoms with E-state index < -0.39 is 12.0 Å². The monoisotopic (exact) mass is 335 g/mol. The summed E-state index contributed by atoms with van der Waals surface area (Å²) in [5, 5.41) is 9.52. The topological polar surface area (TPSA) is 40.5 Å². The second kappa shape index (κ2) is 6.41. The maximum absolute atomic E-state index is 11.6. The van der Waals surface area contributed by atoms with Crippen molar-refractivity contribution >= 4 is 28.9 Å². The quantitative estimate of drug-likeness (QED) is 0.903. The van der Waals surface area contributed by atoms with Crippen molar-refractivity contribution in [2.24, 2.45) is 0 Å². The average Bonchev–Trinajstić information content (AvgIpc) is 3.09. The third-order valence-electron chi connectivity index (χ3n) is 4.13. The number of hydrogen-bond acceptors (Lipinski definition) is 3. The number of aryl methyl sites for hydroxylation is 1. The number of halogens is 1. The molecule has 3 rings (SSSR count). The molecule has 0 spiro atoms. The molecule has 3 nitrogen and oxygen atoms in total. The largest absolute Gasteiger partial charge is 0.480 e. The first-order chi connectivity index (χ1) is 10.6. The van der Waals surface area contributed by atoms with E-state index in [9.17, 15) is 9.90 Å². The zero-order valence-corrected chi connectivity index (χ0v) is 13.9. The Bertz CT molecular complexity index is 685. The summed E-state index contributed by atoms with van der Waals surface area (Å²) in [6.45, 7) is 2.85. The molecule has 1 aliphatic rings. The van der Waals surface area contributed by atoms with Crippen LogP contribution >= 0.6 is 22.9 Å². The van der Waals surface area contributed by atoms with Gasteiger partial charge in [0.15, 0.2) is 0 Å². The van der Waals surface area contributed by atoms with Crippen LogP contribution in [-0.4, -0.2) is 28.6 Å². The molecule has 5 heteroatoms. The molecule has 2 unspecified atom stereocenters. The molecular formula is C17H18ClNO2S. The van der Waals surface area contributed by atoms with Gasteiger partial charge in [0.2, 0.25) is 0 Å². The van der Waals surface area contributed by atoms with E-state index in [4.69, 9.17) is 11.6 Å². The Morgan fingerprint density at radius 2 is 2.23 bits per heavy atom. The van der Waals surface area contributed by atoms with E-state index in [1.807, 2.05) is 18.2 Å². The summed E-state index contributed by atoms with van der Waals surface area (Å²) < 4.78 is 0.735. The molecule has 22 heavy (non-hydrogen) atoms. The second-order valence-electron chi connectivity index (χ2n) is 5.69. The maximum Gasteiger partial charge on any atom is 0.320 e. The average molecular weight is 336 g/mol. The highest BCUT2D eigenvalue weighted by Crippen LogP contribution is 2.39. The number of nitrogens with zero attached hydrogens (tertiary/aromatic N) is 1. The van der Waals surface area contributed by atoms with Crippen molar-refractivity contribution in [3.05, 3.63) is 56.7 Å². The summed E-state index contributed by atoms with van der Waals surface area (Å²) >= 11 is 7.64. The highest BCUT2D eigenvalue weighted by molar-refractivity contribution is 7.16. The molecule has 2 heterocycles. The molecule has 2 atom stereocenters. The molecule has 0 saturated carbocycles. The number of rotatable bonds is 4. The van der Waals surface area contributed by atoms with Gasteiger partial charge in [-0.05, 0) is 37.5 Å². The molecule has 1 saturated heterocycles. The number of carboxylic acid groups (broad SMARTS) is 1. The van der Waals surface area contributed by atoms with Gasteiger partial charge in [0.05, 0.1) is 10.4 Å². The molecule has 0 aliphatic carbocycles. The lowest BCUT2D eigenvalue weighted by atomic mass is 10.0. The fourth-order valence-corrected chi connectivity index (χ4v) is 4.41. The number of carboxylic acids is 1. The standard InChI is InChI=1S/C17H18ClNO2S/c1-11-4-2-5-12(10-11)16(14-7-8-15(18)22-14)19-9-3-6-13(19)17(20)21/h2,4-5,7-8,10,13,16H,3,6,9H2,1H3,(H,20,21). The maximum atomic E-state index is 11.6. The summed E-state index contributed by atoms with van der Waals surface area (Å²) in [5.41, 5.74) is 2.31. The highest BCUT2D eigenvalue weighted by Gasteiger charge is 2.37. The Morgan fingerprint density at radius 3 is 2.86 bits per heavy atom. The Balaban J connectivity index is 2.05. The van der Waals surface area contributed by atoms with Crippen molar-refractivity contribution in [3.8, 4) is 0 Å². The summed E-state index contributed by atoms with van der Waals surface area (Å²) in [6.07, 6.45) is 1.62. The first-order valence-electron chi connectivity index (χ1n) is 7.36. The molecule has 1 aromatic heterocycles. The lowest BCUT2D eigenvalue weighted by Gasteiger charge is -2.31. The van der Waals surface area contributed by atoms with Gasteiger partial charge in [-0.3, -0.25) is 9.69 Å². The fraction of sp³-hybridized carbons (Fsp3) is 0.353. The Morgan fingerprint density at radius 1 is 1.41 bits per heavy atom. The molecule has 116 valence electrons. The molecule has 1 aliphatic heterocycles. The Kier molecular flexibility index (Phi) is 4.52. The number of likely N-dealkylation sites (tertiary alicyclic amines) is 1. The van der Waals surface area contributed by atoms with Gasteiger partial charge in [0, 0.05) is 11.4 Å². The van der Waals surface area contributed by atoms with Crippen molar-refractivity contribution < 1.29 is 9.90 Å². The van der Waals surface area contributed by atoms with E-state index in [2.05, 4.69) is 30.0 Å². The van der Waals surface area contributed by atoms with E-state index >= 15 is 0 Å². The Labute approximate surface area is 139 Å². The SMILES string of the molecule is Cc1cccc(C(c2ccc(Cl)s2)N2CCCC2C(=O)O)c1. The molecule has 1 aromatic carbocycles. The number of thiophene rings is 1. The second-order valence-corrected chi connectivity index (χ2v) is 7.44. The minimum atomic E-state index is -0.738. The van der Waals surface area contributed by atoms with Crippen LogP contribution in [0.5, 0.6) is 0 Å². The van der Waals surface area contributed by atoms with Crippen LogP contribution in [0.25, 0.3) is 0 Å². The highest BCUT2D eigenvalue weighted by atomic mass is 35.5. The normalized spacial score (nSPS) is 20.2. The fourth-order valence-electron chi connectivity index (χ4n) is 3.20. The van der Waals surface area contributed by atoms with Crippen molar-refractivity contribution in [2.75, 3.05) is 6.54 Å². The molecule has 0 bridgehead atoms. The molecule has 1 N–H and O–H groups in total. The van der Waals surface area contributed by atoms with Gasteiger partial charge in [-0.1, -0.05) is 41.4 Å². The Hall–Kier alpha value is -1.36. The molecular weight excluding hydrogens is 318 g/mol. The first kappa shape index (κ1) is 15.5. The smallest absolute Gasteiger partial charge is 0.320 e. The van der Waals surface area contributed by atoms with E-state index in [1.165, 1.54) is 16.9 Å². The predicted octanol–water partition coefficient (Wildman–Crippen LogP) is 4.35. The van der Waals surface area contributed by atoms with Crippen LogP contribution in [0.2, 0.25) is 4.34 Å². The van der Waals surface area contributed by atoms with E-state index in [0.29, 0.717) is 6.42 Å². The summed E-state index contributed by atoms with van der Waals surface area (Å²) in [6, 6.07) is 11.7. The van der Waals surface area contributed by atoms with Crippen molar-refractivity contribution in [2.45, 2.75) is 31.8 Å². The van der Waals surface area contributed by atoms with Crippen LogP contribution in [0.1, 0.15) is 34.9 Å². The van der Waals surface area contributed by atoms with Crippen LogP contribution in [0, 0.1) is 6.92 Å². The molecule has 0 radical (unpaired) electrons. The molecule has 1 fully saturated rings. The van der Waals surface area contributed by atoms with Gasteiger partial charge in [-0.25, -0.2) is 0 Å². The zero-order chi connectivity index (χ0) is 15.7. The number of hydrogen-bond donors (Lipinski definition) is 1. The minimum absolute atomic E-state index is 0.0407. The van der Waals surface area contributed by atoms with Crippen LogP contribution < -0.4 is 0 Å². The summed E-state index contributed by atoms with van der Waals surface area (Å²) in [5.74, 6) is -0.738. The van der Waals surface area contributed by atoms with Crippen LogP contribution in [0.3, 0.4) is 0 Å². The molecule has 2 aromatic rings. The van der Waals surface area contributed by atoms with E-state index in [0.717, 1.165) is 27.7 Å². The zero-order valence-electron chi connectivity index (χ0n) is 12.3. The van der Waals surface area contributed by atoms with Crippen molar-refractivity contribution in [1.82, 2.24) is 4.90 Å². The lowest BCUT2D eigenvalue weighted by Crippen LogP contribution is -2.39. The summed E-state index contributed by atoms with van der Waals surface area (Å²) in [7, 11) is 0. The number of benzene rings is 1. The van der Waals surface area contributed by atoms with E-state index in [1.54, 1.807) is 0 Å². The third kappa shape index (κ3) is 3.05. The lowest BCUT2D eigenvalue weighted by molar-refractivity contribution is -0.142. The summed E-state index contributed by atoms with van der Waals surface area (Å²) in [4.78, 5) is 14.8. The van der Waals surface area contributed by atoms with Gasteiger partial charge in [0.1, 0.15) is 6.04 Å². The van der Waals surface area contributed by atoms with E-state index in [-0.39, 0.29) is 6.04 Å². The van der Waals surface area contributed by atoms with Crippen LogP contribution in [0.15, 0.2) is 36.4 Å². The van der Waals surface area contributed by atoms with Gasteiger partial charge >= 0.3 is 5.97 Å². The van der Waals surface area contributed by atoms with Crippen molar-refractivity contribution in [1.29, 1.82) is 0 Å². The van der Waals surface area contributed by atoms with Crippen LogP contribution in [-0.2, 0) is 4.79 Å². The van der Waals surface area contributed by atoms with Gasteiger partial charge in [0.25, 0.3) is 0 Å². The molecule has 0 amide bonds. The first-order valence-corrected chi connectivity index (χ1v) is 8.56. The number of aliphatic carboxylic acids is 1. The predicted molar refractivity (Wildman–Crippen MR) is 89.7 cm³/mol. The number of carbonyl (C=O) groups is 1. The van der Waals surface area contributed by atoms with Gasteiger partial charge in [-0.2, -0.15) is 0 Å². The third-order valence-corrected chi connectivity index (χ3v) is 5.42. The van der Waals surface area contributed by atoms with Gasteiger partial charge < -0.3 is 5.11 Å². The van der Waals surface area contributed by atoms with Gasteiger partial charge in [-0.15, -0.1) is 11.3 Å². The van der Waals surface area contributed by atoms with Crippen molar-refractivity contribution in [3.63, 3.8) is 0 Å². The minimum Gasteiger partial charge on any atom is -0.480 e.